The Labute approximate surface area is 272 Å². The van der Waals surface area contributed by atoms with E-state index >= 15 is 0 Å². The van der Waals surface area contributed by atoms with Gasteiger partial charge < -0.3 is 15.0 Å². The van der Waals surface area contributed by atoms with Gasteiger partial charge in [0.25, 0.3) is 16.0 Å². The molecular formula is C34H36F2N4O6S. The highest BCUT2D eigenvalue weighted by Gasteiger charge is 2.25. The number of nitrogens with one attached hydrogen (secondary N) is 1. The molecule has 3 aromatic carbocycles. The molecule has 0 atom stereocenters. The van der Waals surface area contributed by atoms with Crippen molar-refractivity contribution in [2.45, 2.75) is 46.1 Å². The van der Waals surface area contributed by atoms with E-state index in [-0.39, 0.29) is 23.6 Å². The maximum Gasteiger partial charge on any atom is 0.266 e. The molecule has 0 radical (unpaired) electrons. The monoisotopic (exact) mass is 666 g/mol. The lowest BCUT2D eigenvalue weighted by Crippen LogP contribution is -2.35. The highest BCUT2D eigenvalue weighted by atomic mass is 32.2. The molecular weight excluding hydrogens is 630 g/mol. The average molecular weight is 667 g/mol. The van der Waals surface area contributed by atoms with Crippen LogP contribution in [0.5, 0.6) is 5.75 Å². The number of nitrogens with zero attached hydrogens (tertiary/aromatic N) is 3. The van der Waals surface area contributed by atoms with Gasteiger partial charge >= 0.3 is 0 Å². The summed E-state index contributed by atoms with van der Waals surface area (Å²) in [6.45, 7) is 4.43. The first-order chi connectivity index (χ1) is 22.4. The number of halogens is 2. The number of hydrogen-bond acceptors (Lipinski definition) is 6. The largest absolute Gasteiger partial charge is 0.493 e. The summed E-state index contributed by atoms with van der Waals surface area (Å²) >= 11 is 0. The molecule has 0 unspecified atom stereocenters. The molecule has 0 bridgehead atoms. The van der Waals surface area contributed by atoms with E-state index < -0.39 is 40.0 Å². The topological polar surface area (TPSA) is 131 Å². The molecule has 248 valence electrons. The van der Waals surface area contributed by atoms with Crippen LogP contribution < -0.4 is 15.0 Å². The van der Waals surface area contributed by atoms with E-state index in [0.29, 0.717) is 26.0 Å². The van der Waals surface area contributed by atoms with Gasteiger partial charge in [0.1, 0.15) is 17.4 Å². The molecule has 1 aliphatic rings. The zero-order chi connectivity index (χ0) is 33.7. The van der Waals surface area contributed by atoms with Crippen LogP contribution in [-0.4, -0.2) is 60.0 Å². The van der Waals surface area contributed by atoms with Gasteiger partial charge in [-0.1, -0.05) is 24.3 Å². The lowest BCUT2D eigenvalue weighted by molar-refractivity contribution is -0.118. The molecule has 1 aliphatic heterocycles. The fraction of sp³-hybridized carbons (Fsp3) is 0.324. The Balaban J connectivity index is 1.24. The Morgan fingerprint density at radius 3 is 2.57 bits per heavy atom. The predicted molar refractivity (Wildman–Crippen MR) is 173 cm³/mol. The summed E-state index contributed by atoms with van der Waals surface area (Å²) in [5.41, 5.74) is 5.05. The number of carbonyl (C=O) groups excluding carboxylic acids is 2. The summed E-state index contributed by atoms with van der Waals surface area (Å²) in [5.74, 6) is -2.70. The number of fused-ring (bicyclic) bond motifs is 1. The predicted octanol–water partition coefficient (Wildman–Crippen LogP) is 5.25. The first-order valence-corrected chi connectivity index (χ1v) is 16.9. The standard InChI is InChI=1S/C34H36F2N4O6S/c1-22-7-3-11-32(23(22)2)46-15-6-12-33(41)40-14-5-9-27-26(8-4-10-31(27)40)25-19-38-39(20-25)21-28-29(35)17-24(18-30(28)36)34(42)37-13-16-47(43,44)45/h3-4,7-8,10-11,17-20H,5-6,9,12-16,21H2,1-2H3,(H,37,42)(H,43,44,45). The molecule has 5 rings (SSSR count). The van der Waals surface area contributed by atoms with Gasteiger partial charge in [-0.15, -0.1) is 0 Å². The van der Waals surface area contributed by atoms with Crippen LogP contribution in [-0.2, 0) is 27.9 Å². The van der Waals surface area contributed by atoms with E-state index in [9.17, 15) is 26.8 Å². The van der Waals surface area contributed by atoms with Gasteiger partial charge in [-0.3, -0.25) is 18.8 Å². The quantitative estimate of drug-likeness (QED) is 0.156. The molecule has 13 heteroatoms. The molecule has 0 spiro atoms. The van der Waals surface area contributed by atoms with Gasteiger partial charge in [-0.25, -0.2) is 8.78 Å². The minimum atomic E-state index is -4.30. The van der Waals surface area contributed by atoms with Crippen LogP contribution in [0, 0.1) is 25.5 Å². The summed E-state index contributed by atoms with van der Waals surface area (Å²) in [7, 11) is -4.30. The molecule has 1 aromatic heterocycles. The van der Waals surface area contributed by atoms with Crippen molar-refractivity contribution < 1.29 is 36.1 Å². The summed E-state index contributed by atoms with van der Waals surface area (Å²) in [4.78, 5) is 27.3. The van der Waals surface area contributed by atoms with Crippen molar-refractivity contribution in [3.63, 3.8) is 0 Å². The number of carbonyl (C=O) groups is 2. The Hall–Kier alpha value is -4.62. The van der Waals surface area contributed by atoms with Gasteiger partial charge in [-0.2, -0.15) is 13.5 Å². The smallest absolute Gasteiger partial charge is 0.266 e. The van der Waals surface area contributed by atoms with E-state index in [1.807, 2.05) is 55.1 Å². The summed E-state index contributed by atoms with van der Waals surface area (Å²) in [5, 5.41) is 6.51. The van der Waals surface area contributed by atoms with Crippen LogP contribution in [0.3, 0.4) is 0 Å². The zero-order valence-electron chi connectivity index (χ0n) is 26.1. The summed E-state index contributed by atoms with van der Waals surface area (Å²) in [6.07, 6.45) is 5.75. The fourth-order valence-corrected chi connectivity index (χ4v) is 5.97. The average Bonchev–Trinajstić information content (AvgIpc) is 3.50. The van der Waals surface area contributed by atoms with Crippen molar-refractivity contribution in [3.8, 4) is 16.9 Å². The molecule has 0 saturated heterocycles. The molecule has 10 nitrogen and oxygen atoms in total. The Bertz CT molecular complexity index is 1890. The van der Waals surface area contributed by atoms with Crippen LogP contribution >= 0.6 is 0 Å². The second kappa shape index (κ2) is 14.4. The molecule has 0 saturated carbocycles. The van der Waals surface area contributed by atoms with Crippen molar-refractivity contribution >= 4 is 27.6 Å². The van der Waals surface area contributed by atoms with Crippen LogP contribution in [0.25, 0.3) is 11.1 Å². The molecule has 47 heavy (non-hydrogen) atoms. The minimum Gasteiger partial charge on any atom is -0.493 e. The van der Waals surface area contributed by atoms with E-state index in [1.165, 1.54) is 4.68 Å². The summed E-state index contributed by atoms with van der Waals surface area (Å²) < 4.78 is 67.6. The van der Waals surface area contributed by atoms with Gasteiger partial charge in [0, 0.05) is 48.1 Å². The Kier molecular flexibility index (Phi) is 10.4. The zero-order valence-corrected chi connectivity index (χ0v) is 26.9. The van der Waals surface area contributed by atoms with Crippen molar-refractivity contribution in [2.75, 3.05) is 30.3 Å². The third-order valence-electron chi connectivity index (χ3n) is 8.21. The number of rotatable bonds is 12. The lowest BCUT2D eigenvalue weighted by Gasteiger charge is -2.31. The van der Waals surface area contributed by atoms with Gasteiger partial charge in [0.05, 0.1) is 25.1 Å². The number of ether oxygens (including phenoxy) is 1. The third kappa shape index (κ3) is 8.22. The number of anilines is 1. The van der Waals surface area contributed by atoms with E-state index in [1.54, 1.807) is 12.4 Å². The maximum absolute atomic E-state index is 14.9. The van der Waals surface area contributed by atoms with Crippen molar-refractivity contribution in [3.05, 3.63) is 100 Å². The third-order valence-corrected chi connectivity index (χ3v) is 8.93. The van der Waals surface area contributed by atoms with Gasteiger partial charge in [0.15, 0.2) is 0 Å². The van der Waals surface area contributed by atoms with Crippen LogP contribution in [0.1, 0.15) is 51.9 Å². The highest BCUT2D eigenvalue weighted by Crippen LogP contribution is 2.36. The van der Waals surface area contributed by atoms with E-state index in [2.05, 4.69) is 10.4 Å². The second-order valence-electron chi connectivity index (χ2n) is 11.5. The number of aromatic nitrogens is 2. The Morgan fingerprint density at radius 2 is 1.83 bits per heavy atom. The Morgan fingerprint density at radius 1 is 1.09 bits per heavy atom. The van der Waals surface area contributed by atoms with Crippen LogP contribution in [0.2, 0.25) is 0 Å². The SMILES string of the molecule is Cc1cccc(OCCCC(=O)N2CCCc3c(-c4cnn(Cc5c(F)cc(C(=O)NCCS(=O)(=O)O)cc5F)c4)cccc32)c1C. The van der Waals surface area contributed by atoms with Crippen LogP contribution in [0.15, 0.2) is 60.9 Å². The van der Waals surface area contributed by atoms with Crippen LogP contribution in [0.4, 0.5) is 14.5 Å². The maximum atomic E-state index is 14.9. The molecule has 0 fully saturated rings. The van der Waals surface area contributed by atoms with E-state index in [0.717, 1.165) is 64.2 Å². The lowest BCUT2D eigenvalue weighted by atomic mass is 9.93. The number of benzene rings is 3. The molecule has 4 aromatic rings. The number of amides is 2. The minimum absolute atomic E-state index is 0.0184. The summed E-state index contributed by atoms with van der Waals surface area (Å²) in [6, 6.07) is 13.4. The van der Waals surface area contributed by atoms with Crippen molar-refractivity contribution in [2.24, 2.45) is 0 Å². The fourth-order valence-electron chi connectivity index (χ4n) is 5.61. The van der Waals surface area contributed by atoms with Gasteiger partial charge in [-0.05, 0) is 79.6 Å². The highest BCUT2D eigenvalue weighted by molar-refractivity contribution is 7.85. The van der Waals surface area contributed by atoms with Crippen molar-refractivity contribution in [1.82, 2.24) is 15.1 Å². The molecule has 2 amide bonds. The second-order valence-corrected chi connectivity index (χ2v) is 13.1. The molecule has 2 heterocycles. The number of hydrogen-bond donors (Lipinski definition) is 2. The van der Waals surface area contributed by atoms with Gasteiger partial charge in [0.2, 0.25) is 5.91 Å². The molecule has 2 N–H and O–H groups in total. The number of aryl methyl sites for hydroxylation is 1. The first kappa shape index (κ1) is 33.7. The normalized spacial score (nSPS) is 12.9. The van der Waals surface area contributed by atoms with E-state index in [4.69, 9.17) is 9.29 Å². The van der Waals surface area contributed by atoms with Crippen molar-refractivity contribution in [1.29, 1.82) is 0 Å². The molecule has 0 aliphatic carbocycles. The first-order valence-electron chi connectivity index (χ1n) is 15.3.